The van der Waals surface area contributed by atoms with E-state index in [1.54, 1.807) is 10.3 Å². The zero-order valence-corrected chi connectivity index (χ0v) is 21.4. The van der Waals surface area contributed by atoms with Gasteiger partial charge in [0, 0.05) is 30.6 Å². The number of nitrogens with one attached hydrogen (secondary N) is 1. The van der Waals surface area contributed by atoms with Gasteiger partial charge in [-0.15, -0.1) is 11.3 Å². The molecule has 0 radical (unpaired) electrons. The number of benzene rings is 2. The second kappa shape index (κ2) is 12.5. The molecule has 4 rings (SSSR count). The van der Waals surface area contributed by atoms with E-state index in [1.807, 2.05) is 30.3 Å². The minimum atomic E-state index is -4.39. The van der Waals surface area contributed by atoms with Crippen molar-refractivity contribution in [3.05, 3.63) is 76.1 Å². The molecule has 3 aromatic rings. The number of nitrogens with zero attached hydrogens (tertiary/aromatic N) is 2. The van der Waals surface area contributed by atoms with Crippen LogP contribution in [0.5, 0.6) is 0 Å². The van der Waals surface area contributed by atoms with Crippen molar-refractivity contribution in [2.45, 2.75) is 31.7 Å². The Labute approximate surface area is 222 Å². The van der Waals surface area contributed by atoms with Gasteiger partial charge in [-0.25, -0.2) is 4.98 Å². The van der Waals surface area contributed by atoms with Gasteiger partial charge >= 0.3 is 6.18 Å². The molecule has 0 unspecified atom stereocenters. The van der Waals surface area contributed by atoms with Crippen LogP contribution in [0.25, 0.3) is 11.3 Å². The first-order chi connectivity index (χ1) is 18.2. The monoisotopic (exact) mass is 546 g/mol. The Morgan fingerprint density at radius 1 is 1.16 bits per heavy atom. The van der Waals surface area contributed by atoms with E-state index in [2.05, 4.69) is 10.3 Å². The molecular weight excluding hydrogens is 517 g/mol. The molecule has 0 bridgehead atoms. The molecule has 0 spiro atoms. The number of nitrogens with two attached hydrogens (primary N) is 1. The number of likely N-dealkylation sites (tertiary alicyclic amines) is 1. The molecule has 1 aliphatic heterocycles. The predicted molar refractivity (Wildman–Crippen MR) is 138 cm³/mol. The van der Waals surface area contributed by atoms with Crippen LogP contribution in [0.2, 0.25) is 0 Å². The van der Waals surface area contributed by atoms with E-state index in [1.165, 1.54) is 23.5 Å². The number of carbonyl (C=O) groups is 2. The highest BCUT2D eigenvalue weighted by Gasteiger charge is 2.30. The minimum absolute atomic E-state index is 0.114. The van der Waals surface area contributed by atoms with Crippen LogP contribution >= 0.6 is 11.3 Å². The van der Waals surface area contributed by atoms with E-state index in [-0.39, 0.29) is 43.5 Å². The zero-order valence-electron chi connectivity index (χ0n) is 20.6. The number of ether oxygens (including phenoxy) is 1. The highest BCUT2D eigenvalue weighted by atomic mass is 32.1. The lowest BCUT2D eigenvalue weighted by molar-refractivity contribution is -0.141. The van der Waals surface area contributed by atoms with Crippen molar-refractivity contribution in [2.75, 3.05) is 26.2 Å². The molecule has 7 nitrogen and oxygen atoms in total. The summed E-state index contributed by atoms with van der Waals surface area (Å²) in [6.45, 7) is 1.21. The van der Waals surface area contributed by atoms with Crippen LogP contribution in [0.3, 0.4) is 0 Å². The molecule has 0 aliphatic carbocycles. The number of aromatic nitrogens is 1. The van der Waals surface area contributed by atoms with Crippen molar-refractivity contribution in [1.29, 1.82) is 0 Å². The maximum absolute atomic E-state index is 12.8. The summed E-state index contributed by atoms with van der Waals surface area (Å²) in [5.74, 6) is -0.696. The standard InChI is InChI=1S/C27H29F3N4O3S/c28-27(29,30)21-10-8-18(9-11-21)22-17-38-24(33-22)14-32-26(36)20-7-4-12-34(15-20)25(35)16-37-23(13-31)19-5-2-1-3-6-19/h1-3,5-6,8-11,17,20,23H,4,7,12-16,31H2,(H,32,36)/t20-,23+/m0/s1. The fourth-order valence-electron chi connectivity index (χ4n) is 4.31. The molecule has 2 atom stereocenters. The highest BCUT2D eigenvalue weighted by molar-refractivity contribution is 7.09. The second-order valence-corrected chi connectivity index (χ2v) is 9.99. The van der Waals surface area contributed by atoms with Gasteiger partial charge in [-0.1, -0.05) is 42.5 Å². The summed E-state index contributed by atoms with van der Waals surface area (Å²) in [4.78, 5) is 31.7. The van der Waals surface area contributed by atoms with Crippen LogP contribution in [0.15, 0.2) is 60.0 Å². The number of rotatable bonds is 9. The first-order valence-electron chi connectivity index (χ1n) is 12.3. The number of piperidine rings is 1. The molecule has 1 saturated heterocycles. The molecule has 2 amide bonds. The quantitative estimate of drug-likeness (QED) is 0.415. The van der Waals surface area contributed by atoms with Crippen LogP contribution in [-0.4, -0.2) is 47.9 Å². The van der Waals surface area contributed by atoms with Crippen molar-refractivity contribution in [3.63, 3.8) is 0 Å². The molecule has 2 heterocycles. The summed E-state index contributed by atoms with van der Waals surface area (Å²) in [5.41, 5.74) is 7.13. The Kier molecular flexibility index (Phi) is 9.13. The number of alkyl halides is 3. The summed E-state index contributed by atoms with van der Waals surface area (Å²) in [6, 6.07) is 14.3. The first kappa shape index (κ1) is 27.7. The third-order valence-corrected chi connectivity index (χ3v) is 7.26. The van der Waals surface area contributed by atoms with Crippen molar-refractivity contribution < 1.29 is 27.5 Å². The van der Waals surface area contributed by atoms with Gasteiger partial charge in [-0.05, 0) is 30.5 Å². The second-order valence-electron chi connectivity index (χ2n) is 9.04. The van der Waals surface area contributed by atoms with Gasteiger partial charge in [0.05, 0.1) is 29.8 Å². The Morgan fingerprint density at radius 2 is 1.89 bits per heavy atom. The van der Waals surface area contributed by atoms with Gasteiger partial charge in [-0.2, -0.15) is 13.2 Å². The fraction of sp³-hybridized carbons (Fsp3) is 0.370. The lowest BCUT2D eigenvalue weighted by atomic mass is 9.97. The highest BCUT2D eigenvalue weighted by Crippen LogP contribution is 2.31. The average molecular weight is 547 g/mol. The van der Waals surface area contributed by atoms with E-state index in [0.29, 0.717) is 42.2 Å². The molecule has 38 heavy (non-hydrogen) atoms. The van der Waals surface area contributed by atoms with E-state index in [9.17, 15) is 22.8 Å². The SMILES string of the molecule is NC[C@@H](OCC(=O)N1CCC[C@H](C(=O)NCc2nc(-c3ccc(C(F)(F)F)cc3)cs2)C1)c1ccccc1. The van der Waals surface area contributed by atoms with Gasteiger partial charge in [-0.3, -0.25) is 9.59 Å². The van der Waals surface area contributed by atoms with Gasteiger partial charge in [0.15, 0.2) is 0 Å². The third-order valence-electron chi connectivity index (χ3n) is 6.41. The molecule has 3 N–H and O–H groups in total. The Balaban J connectivity index is 1.26. The average Bonchev–Trinajstić information content (AvgIpc) is 3.41. The summed E-state index contributed by atoms with van der Waals surface area (Å²) >= 11 is 1.32. The molecular formula is C27H29F3N4O3S. The summed E-state index contributed by atoms with van der Waals surface area (Å²) in [6.07, 6.45) is -3.40. The van der Waals surface area contributed by atoms with Gasteiger partial charge < -0.3 is 20.7 Å². The number of carbonyl (C=O) groups excluding carboxylic acids is 2. The Morgan fingerprint density at radius 3 is 2.58 bits per heavy atom. The Hall–Kier alpha value is -3.28. The largest absolute Gasteiger partial charge is 0.416 e. The normalized spacial score (nSPS) is 16.7. The molecule has 1 fully saturated rings. The van der Waals surface area contributed by atoms with Crippen molar-refractivity contribution in [3.8, 4) is 11.3 Å². The molecule has 202 valence electrons. The van der Waals surface area contributed by atoms with Crippen LogP contribution < -0.4 is 11.1 Å². The number of amides is 2. The molecule has 1 aliphatic rings. The van der Waals surface area contributed by atoms with Crippen LogP contribution in [0.4, 0.5) is 13.2 Å². The van der Waals surface area contributed by atoms with Gasteiger partial charge in [0.1, 0.15) is 11.6 Å². The zero-order chi connectivity index (χ0) is 27.1. The Bertz CT molecular complexity index is 1220. The lowest BCUT2D eigenvalue weighted by Crippen LogP contribution is -2.46. The number of thiazole rings is 1. The summed E-state index contributed by atoms with van der Waals surface area (Å²) in [5, 5.41) is 5.26. The first-order valence-corrected chi connectivity index (χ1v) is 13.2. The van der Waals surface area contributed by atoms with Crippen LogP contribution in [-0.2, 0) is 27.0 Å². The van der Waals surface area contributed by atoms with E-state index in [4.69, 9.17) is 10.5 Å². The lowest BCUT2D eigenvalue weighted by Gasteiger charge is -2.32. The predicted octanol–water partition coefficient (Wildman–Crippen LogP) is 4.40. The molecule has 2 aromatic carbocycles. The minimum Gasteiger partial charge on any atom is -0.362 e. The van der Waals surface area contributed by atoms with E-state index < -0.39 is 11.7 Å². The van der Waals surface area contributed by atoms with Gasteiger partial charge in [0.25, 0.3) is 0 Å². The smallest absolute Gasteiger partial charge is 0.362 e. The van der Waals surface area contributed by atoms with Crippen LogP contribution in [0, 0.1) is 5.92 Å². The fourth-order valence-corrected chi connectivity index (χ4v) is 5.05. The maximum Gasteiger partial charge on any atom is 0.416 e. The van der Waals surface area contributed by atoms with Crippen molar-refractivity contribution >= 4 is 23.2 Å². The number of hydrogen-bond acceptors (Lipinski definition) is 6. The topological polar surface area (TPSA) is 97.5 Å². The molecule has 1 aromatic heterocycles. The van der Waals surface area contributed by atoms with Crippen molar-refractivity contribution in [2.24, 2.45) is 11.7 Å². The number of halogens is 3. The molecule has 0 saturated carbocycles. The maximum atomic E-state index is 12.8. The molecule has 11 heteroatoms. The summed E-state index contributed by atoms with van der Waals surface area (Å²) < 4.78 is 44.1. The van der Waals surface area contributed by atoms with Gasteiger partial charge in [0.2, 0.25) is 11.8 Å². The van der Waals surface area contributed by atoms with Crippen LogP contribution in [0.1, 0.15) is 35.1 Å². The van der Waals surface area contributed by atoms with Crippen molar-refractivity contribution in [1.82, 2.24) is 15.2 Å². The summed E-state index contributed by atoms with van der Waals surface area (Å²) in [7, 11) is 0. The third kappa shape index (κ3) is 7.18. The van der Waals surface area contributed by atoms with E-state index >= 15 is 0 Å². The number of hydrogen-bond donors (Lipinski definition) is 2. The van der Waals surface area contributed by atoms with E-state index in [0.717, 1.165) is 17.7 Å².